The van der Waals surface area contributed by atoms with Gasteiger partial charge in [0.05, 0.1) is 6.61 Å². The van der Waals surface area contributed by atoms with Gasteiger partial charge in [0.1, 0.15) is 0 Å². The molecule has 4 nitrogen and oxygen atoms in total. The van der Waals surface area contributed by atoms with Crippen molar-refractivity contribution >= 4 is 23.0 Å². The fraction of sp³-hybridized carbons (Fsp3) is 0.714. The molecule has 0 spiro atoms. The zero-order chi connectivity index (χ0) is 8.81. The van der Waals surface area contributed by atoms with Crippen molar-refractivity contribution in [3.05, 3.63) is 0 Å². The predicted molar refractivity (Wildman–Crippen MR) is 52.0 cm³/mol. The van der Waals surface area contributed by atoms with E-state index in [2.05, 4.69) is 22.7 Å². The van der Waals surface area contributed by atoms with Gasteiger partial charge in [-0.25, -0.2) is 0 Å². The molecule has 0 radical (unpaired) electrons. The third kappa shape index (κ3) is 3.64. The van der Waals surface area contributed by atoms with E-state index < -0.39 is 0 Å². The van der Waals surface area contributed by atoms with E-state index in [1.165, 1.54) is 0 Å². The van der Waals surface area contributed by atoms with Gasteiger partial charge in [0.15, 0.2) is 5.11 Å². The molecule has 0 aliphatic carbocycles. The Morgan fingerprint density at radius 3 is 3.08 bits per heavy atom. The first-order valence-electron chi connectivity index (χ1n) is 3.97. The molecule has 5 heteroatoms. The number of hydrazone groups is 1. The lowest BCUT2D eigenvalue weighted by Gasteiger charge is -2.00. The second-order valence-electron chi connectivity index (χ2n) is 2.62. The van der Waals surface area contributed by atoms with Crippen LogP contribution in [0.2, 0.25) is 0 Å². The van der Waals surface area contributed by atoms with Crippen LogP contribution < -0.4 is 11.2 Å². The molecule has 0 amide bonds. The lowest BCUT2D eigenvalue weighted by atomic mass is 10.2. The summed E-state index contributed by atoms with van der Waals surface area (Å²) in [6.45, 7) is 1.57. The van der Waals surface area contributed by atoms with Gasteiger partial charge in [-0.1, -0.05) is 0 Å². The second-order valence-corrected chi connectivity index (χ2v) is 3.06. The molecule has 0 aromatic heterocycles. The highest BCUT2D eigenvalue weighted by Crippen LogP contribution is 2.03. The Bertz CT molecular complexity index is 183. The number of ether oxygens (including phenoxy) is 1. The van der Waals surface area contributed by atoms with Crippen LogP contribution in [0.3, 0.4) is 0 Å². The molecule has 3 N–H and O–H groups in total. The number of rotatable bonds is 1. The smallest absolute Gasteiger partial charge is 0.184 e. The Morgan fingerprint density at radius 2 is 2.33 bits per heavy atom. The molecule has 1 aliphatic heterocycles. The van der Waals surface area contributed by atoms with E-state index in [4.69, 9.17) is 10.5 Å². The van der Waals surface area contributed by atoms with Gasteiger partial charge in [0.2, 0.25) is 0 Å². The van der Waals surface area contributed by atoms with Crippen molar-refractivity contribution in [1.29, 1.82) is 0 Å². The first-order valence-corrected chi connectivity index (χ1v) is 4.38. The van der Waals surface area contributed by atoms with E-state index in [1.54, 1.807) is 0 Å². The first-order chi connectivity index (χ1) is 5.79. The van der Waals surface area contributed by atoms with Crippen LogP contribution in [-0.4, -0.2) is 24.0 Å². The summed E-state index contributed by atoms with van der Waals surface area (Å²) in [5, 5.41) is 4.28. The number of nitrogens with two attached hydrogens (primary N) is 1. The molecule has 1 heterocycles. The van der Waals surface area contributed by atoms with Crippen molar-refractivity contribution in [2.24, 2.45) is 10.8 Å². The third-order valence-electron chi connectivity index (χ3n) is 1.61. The van der Waals surface area contributed by atoms with E-state index in [0.29, 0.717) is 0 Å². The van der Waals surface area contributed by atoms with Gasteiger partial charge in [0.25, 0.3) is 0 Å². The minimum Gasteiger partial charge on any atom is -0.381 e. The molecule has 0 bridgehead atoms. The summed E-state index contributed by atoms with van der Waals surface area (Å²) in [5.41, 5.74) is 8.90. The fourth-order valence-corrected chi connectivity index (χ4v) is 1.09. The SMILES string of the molecule is NC(=S)NN=C1CCCOCC1. The maximum Gasteiger partial charge on any atom is 0.184 e. The maximum atomic E-state index is 5.26. The average Bonchev–Trinajstić information content (AvgIpc) is 2.28. The normalized spacial score (nSPS) is 21.8. The van der Waals surface area contributed by atoms with Gasteiger partial charge < -0.3 is 10.5 Å². The van der Waals surface area contributed by atoms with E-state index >= 15 is 0 Å². The van der Waals surface area contributed by atoms with Gasteiger partial charge in [0, 0.05) is 18.7 Å². The summed E-state index contributed by atoms with van der Waals surface area (Å²) in [6.07, 6.45) is 2.86. The number of nitrogens with zero attached hydrogens (tertiary/aromatic N) is 1. The Kier molecular flexibility index (Phi) is 3.96. The highest BCUT2D eigenvalue weighted by atomic mass is 32.1. The van der Waals surface area contributed by atoms with Crippen LogP contribution in [-0.2, 0) is 4.74 Å². The van der Waals surface area contributed by atoms with Crippen molar-refractivity contribution in [1.82, 2.24) is 5.43 Å². The fourth-order valence-electron chi connectivity index (χ4n) is 1.04. The Balaban J connectivity index is 2.37. The Hall–Kier alpha value is -0.680. The van der Waals surface area contributed by atoms with Gasteiger partial charge in [-0.2, -0.15) is 5.10 Å². The van der Waals surface area contributed by atoms with Gasteiger partial charge in [-0.15, -0.1) is 0 Å². The molecule has 1 rings (SSSR count). The topological polar surface area (TPSA) is 59.6 Å². The Morgan fingerprint density at radius 1 is 1.50 bits per heavy atom. The summed E-state index contributed by atoms with van der Waals surface area (Å²) in [6, 6.07) is 0. The average molecular weight is 187 g/mol. The van der Waals surface area contributed by atoms with Gasteiger partial charge in [-0.3, -0.25) is 5.43 Å². The zero-order valence-corrected chi connectivity index (χ0v) is 7.69. The monoisotopic (exact) mass is 187 g/mol. The van der Waals surface area contributed by atoms with Gasteiger partial charge >= 0.3 is 0 Å². The van der Waals surface area contributed by atoms with Crippen molar-refractivity contribution in [2.75, 3.05) is 13.2 Å². The van der Waals surface area contributed by atoms with Gasteiger partial charge in [-0.05, 0) is 25.1 Å². The molecule has 1 saturated heterocycles. The molecule has 0 unspecified atom stereocenters. The molecule has 12 heavy (non-hydrogen) atoms. The van der Waals surface area contributed by atoms with Crippen molar-refractivity contribution in [2.45, 2.75) is 19.3 Å². The zero-order valence-electron chi connectivity index (χ0n) is 6.88. The van der Waals surface area contributed by atoms with Crippen LogP contribution in [0.4, 0.5) is 0 Å². The first kappa shape index (κ1) is 9.41. The molecule has 1 aliphatic rings. The molecule has 1 fully saturated rings. The highest BCUT2D eigenvalue weighted by Gasteiger charge is 2.05. The van der Waals surface area contributed by atoms with Crippen LogP contribution in [0.25, 0.3) is 0 Å². The lowest BCUT2D eigenvalue weighted by Crippen LogP contribution is -2.25. The highest BCUT2D eigenvalue weighted by molar-refractivity contribution is 7.80. The van der Waals surface area contributed by atoms with Crippen LogP contribution in [0.15, 0.2) is 5.10 Å². The lowest BCUT2D eigenvalue weighted by molar-refractivity contribution is 0.147. The summed E-state index contributed by atoms with van der Waals surface area (Å²) >= 11 is 4.63. The van der Waals surface area contributed by atoms with E-state index in [1.807, 2.05) is 0 Å². The minimum absolute atomic E-state index is 0.215. The molecule has 68 valence electrons. The second kappa shape index (κ2) is 5.05. The van der Waals surface area contributed by atoms with Crippen LogP contribution in [0, 0.1) is 0 Å². The van der Waals surface area contributed by atoms with E-state index in [-0.39, 0.29) is 5.11 Å². The van der Waals surface area contributed by atoms with Crippen molar-refractivity contribution < 1.29 is 4.74 Å². The van der Waals surface area contributed by atoms with E-state index in [9.17, 15) is 0 Å². The summed E-state index contributed by atoms with van der Waals surface area (Å²) < 4.78 is 5.26. The molecule has 0 aromatic carbocycles. The predicted octanol–water partition coefficient (Wildman–Crippen LogP) is 0.376. The van der Waals surface area contributed by atoms with Crippen molar-refractivity contribution in [3.63, 3.8) is 0 Å². The summed E-state index contributed by atoms with van der Waals surface area (Å²) in [5.74, 6) is 0. The summed E-state index contributed by atoms with van der Waals surface area (Å²) in [4.78, 5) is 0. The third-order valence-corrected chi connectivity index (χ3v) is 1.70. The van der Waals surface area contributed by atoms with Crippen LogP contribution in [0.1, 0.15) is 19.3 Å². The molecule has 0 saturated carbocycles. The number of hydrogen-bond donors (Lipinski definition) is 2. The number of thiocarbonyl (C=S) groups is 1. The van der Waals surface area contributed by atoms with E-state index in [0.717, 1.165) is 38.2 Å². The standard InChI is InChI=1S/C7H13N3OS/c8-7(12)10-9-6-2-1-4-11-5-3-6/h1-5H2,(H3,8,10,12). The van der Waals surface area contributed by atoms with Crippen LogP contribution >= 0.6 is 12.2 Å². The molecule has 0 aromatic rings. The largest absolute Gasteiger partial charge is 0.381 e. The molecular weight excluding hydrogens is 174 g/mol. The maximum absolute atomic E-state index is 5.26. The molecule has 0 atom stereocenters. The number of nitrogens with one attached hydrogen (secondary N) is 1. The molecular formula is C7H13N3OS. The van der Waals surface area contributed by atoms with Crippen molar-refractivity contribution in [3.8, 4) is 0 Å². The van der Waals surface area contributed by atoms with Crippen LogP contribution in [0.5, 0.6) is 0 Å². The quantitative estimate of drug-likeness (QED) is 0.460. The Labute approximate surface area is 77.2 Å². The number of hydrogen-bond acceptors (Lipinski definition) is 3. The minimum atomic E-state index is 0.215. The summed E-state index contributed by atoms with van der Waals surface area (Å²) in [7, 11) is 0.